The minimum Gasteiger partial charge on any atom is -0.368 e. The Balaban J connectivity index is 1.76. The van der Waals surface area contributed by atoms with E-state index in [0.717, 1.165) is 5.52 Å². The first-order chi connectivity index (χ1) is 11.5. The highest BCUT2D eigenvalue weighted by atomic mass is 16.2. The third-order valence-electron chi connectivity index (χ3n) is 3.21. The van der Waals surface area contributed by atoms with Crippen LogP contribution in [0, 0.1) is 0 Å². The average Bonchev–Trinajstić information content (AvgIpc) is 3.20. The number of hydrogen-bond acceptors (Lipinski definition) is 5. The molecule has 0 saturated heterocycles. The summed E-state index contributed by atoms with van der Waals surface area (Å²) in [6, 6.07) is 3.39. The predicted molar refractivity (Wildman–Crippen MR) is 83.3 cm³/mol. The van der Waals surface area contributed by atoms with Gasteiger partial charge in [0, 0.05) is 6.20 Å². The van der Waals surface area contributed by atoms with E-state index in [1.165, 1.54) is 6.20 Å². The van der Waals surface area contributed by atoms with Gasteiger partial charge < -0.3 is 20.8 Å². The van der Waals surface area contributed by atoms with E-state index in [0.29, 0.717) is 5.56 Å². The van der Waals surface area contributed by atoms with Crippen molar-refractivity contribution in [1.82, 2.24) is 24.9 Å². The molecule has 0 aromatic carbocycles. The molecule has 5 N–H and O–H groups in total. The second-order valence-electron chi connectivity index (χ2n) is 4.91. The molecule has 10 heteroatoms. The molecular formula is C14H13N7O3. The van der Waals surface area contributed by atoms with Crippen molar-refractivity contribution in [1.29, 1.82) is 0 Å². The van der Waals surface area contributed by atoms with E-state index in [-0.39, 0.29) is 17.9 Å². The molecular weight excluding hydrogens is 314 g/mol. The van der Waals surface area contributed by atoms with Crippen LogP contribution in [0.3, 0.4) is 0 Å². The zero-order valence-electron chi connectivity index (χ0n) is 12.3. The van der Waals surface area contributed by atoms with Gasteiger partial charge in [0.1, 0.15) is 5.69 Å². The Morgan fingerprint density at radius 1 is 1.21 bits per heavy atom. The summed E-state index contributed by atoms with van der Waals surface area (Å²) in [4.78, 5) is 38.9. The fraction of sp³-hybridized carbons (Fsp3) is 0.0714. The monoisotopic (exact) mass is 327 g/mol. The molecule has 0 atom stereocenters. The minimum absolute atomic E-state index is 0.0216. The number of aromatic amines is 1. The number of nitrogens with two attached hydrogens (primary N) is 1. The van der Waals surface area contributed by atoms with Crippen molar-refractivity contribution < 1.29 is 14.4 Å². The summed E-state index contributed by atoms with van der Waals surface area (Å²) in [7, 11) is 0. The van der Waals surface area contributed by atoms with Crippen molar-refractivity contribution >= 4 is 28.9 Å². The number of rotatable bonds is 5. The first-order valence-corrected chi connectivity index (χ1v) is 6.87. The van der Waals surface area contributed by atoms with Gasteiger partial charge in [0.05, 0.1) is 42.0 Å². The number of carbonyl (C=O) groups is 3. The number of primary amides is 1. The summed E-state index contributed by atoms with van der Waals surface area (Å²) < 4.78 is 1.70. The van der Waals surface area contributed by atoms with Gasteiger partial charge in [0.2, 0.25) is 5.91 Å². The van der Waals surface area contributed by atoms with Gasteiger partial charge in [-0.1, -0.05) is 0 Å². The number of H-pyrrole nitrogens is 1. The van der Waals surface area contributed by atoms with Crippen molar-refractivity contribution in [2.75, 3.05) is 11.9 Å². The Hall–Kier alpha value is -3.69. The lowest BCUT2D eigenvalue weighted by Gasteiger charge is -2.06. The molecule has 0 aliphatic rings. The van der Waals surface area contributed by atoms with Gasteiger partial charge in [-0.05, 0) is 12.1 Å². The first-order valence-electron chi connectivity index (χ1n) is 6.87. The van der Waals surface area contributed by atoms with E-state index < -0.39 is 17.7 Å². The highest BCUT2D eigenvalue weighted by molar-refractivity contribution is 6.08. The number of imidazole rings is 1. The van der Waals surface area contributed by atoms with Crippen LogP contribution in [-0.2, 0) is 4.79 Å². The zero-order valence-corrected chi connectivity index (χ0v) is 12.3. The molecule has 0 spiro atoms. The van der Waals surface area contributed by atoms with Crippen LogP contribution >= 0.6 is 0 Å². The van der Waals surface area contributed by atoms with E-state index in [2.05, 4.69) is 25.8 Å². The number of amides is 3. The van der Waals surface area contributed by atoms with Crippen molar-refractivity contribution in [3.63, 3.8) is 0 Å². The van der Waals surface area contributed by atoms with Gasteiger partial charge in [-0.15, -0.1) is 0 Å². The summed E-state index contributed by atoms with van der Waals surface area (Å²) >= 11 is 0. The van der Waals surface area contributed by atoms with Crippen LogP contribution < -0.4 is 16.4 Å². The molecule has 3 rings (SSSR count). The number of carbonyl (C=O) groups excluding carboxylic acids is 3. The molecule has 0 aliphatic carbocycles. The minimum atomic E-state index is -0.679. The van der Waals surface area contributed by atoms with Gasteiger partial charge in [0.15, 0.2) is 0 Å². The van der Waals surface area contributed by atoms with Crippen molar-refractivity contribution in [3.05, 3.63) is 48.3 Å². The summed E-state index contributed by atoms with van der Waals surface area (Å²) in [6.07, 6.45) is 6.16. The molecule has 0 unspecified atom stereocenters. The van der Waals surface area contributed by atoms with Crippen LogP contribution in [0.25, 0.3) is 5.52 Å². The van der Waals surface area contributed by atoms with E-state index in [4.69, 9.17) is 5.73 Å². The second kappa shape index (κ2) is 6.20. The normalized spacial score (nSPS) is 10.5. The molecule has 3 amide bonds. The standard InChI is InChI=1S/C14H13N7O3/c15-11(22)5-17-14(24)12-10(4-18-20-12)19-13(23)8-1-2-9-3-16-7-21(9)6-8/h1-4,6-7H,5H2,(H2,15,22)(H,17,24)(H,18,20)(H,19,23). The molecule has 3 aromatic heterocycles. The van der Waals surface area contributed by atoms with Crippen LogP contribution in [0.1, 0.15) is 20.8 Å². The Labute approximate surface area is 135 Å². The zero-order chi connectivity index (χ0) is 17.1. The van der Waals surface area contributed by atoms with Crippen molar-refractivity contribution in [3.8, 4) is 0 Å². The molecule has 0 bridgehead atoms. The Morgan fingerprint density at radius 3 is 2.83 bits per heavy atom. The van der Waals surface area contributed by atoms with Crippen LogP contribution in [-0.4, -0.2) is 43.8 Å². The summed E-state index contributed by atoms with van der Waals surface area (Å²) in [5, 5.41) is 11.1. The van der Waals surface area contributed by atoms with Crippen LogP contribution in [0.2, 0.25) is 0 Å². The molecule has 0 fully saturated rings. The maximum absolute atomic E-state index is 12.3. The number of anilines is 1. The van der Waals surface area contributed by atoms with E-state index >= 15 is 0 Å². The summed E-state index contributed by atoms with van der Waals surface area (Å²) in [5.41, 5.74) is 6.41. The summed E-state index contributed by atoms with van der Waals surface area (Å²) in [5.74, 6) is -1.70. The number of fused-ring (bicyclic) bond motifs is 1. The maximum atomic E-state index is 12.3. The maximum Gasteiger partial charge on any atom is 0.271 e. The lowest BCUT2D eigenvalue weighted by atomic mass is 10.2. The Kier molecular flexibility index (Phi) is 3.93. The van der Waals surface area contributed by atoms with Gasteiger partial charge >= 0.3 is 0 Å². The lowest BCUT2D eigenvalue weighted by molar-refractivity contribution is -0.117. The number of aromatic nitrogens is 4. The van der Waals surface area contributed by atoms with E-state index in [9.17, 15) is 14.4 Å². The third kappa shape index (κ3) is 3.06. The van der Waals surface area contributed by atoms with Crippen molar-refractivity contribution in [2.45, 2.75) is 0 Å². The number of nitrogens with zero attached hydrogens (tertiary/aromatic N) is 3. The molecule has 3 heterocycles. The Bertz CT molecular complexity index is 927. The highest BCUT2D eigenvalue weighted by Gasteiger charge is 2.17. The summed E-state index contributed by atoms with van der Waals surface area (Å²) in [6.45, 7) is -0.317. The number of nitrogens with one attached hydrogen (secondary N) is 3. The third-order valence-corrected chi connectivity index (χ3v) is 3.21. The van der Waals surface area contributed by atoms with E-state index in [1.54, 1.807) is 35.3 Å². The fourth-order valence-electron chi connectivity index (χ4n) is 2.06. The van der Waals surface area contributed by atoms with E-state index in [1.807, 2.05) is 0 Å². The smallest absolute Gasteiger partial charge is 0.271 e. The average molecular weight is 327 g/mol. The molecule has 0 radical (unpaired) electrons. The van der Waals surface area contributed by atoms with Crippen LogP contribution in [0.4, 0.5) is 5.69 Å². The SMILES string of the molecule is NC(=O)CNC(=O)c1[nH]ncc1NC(=O)c1ccc2cncn2c1. The highest BCUT2D eigenvalue weighted by Crippen LogP contribution is 2.14. The molecule has 3 aromatic rings. The van der Waals surface area contributed by atoms with Gasteiger partial charge in [-0.25, -0.2) is 4.98 Å². The number of hydrogen-bond donors (Lipinski definition) is 4. The van der Waals surface area contributed by atoms with Crippen molar-refractivity contribution in [2.24, 2.45) is 5.73 Å². The lowest BCUT2D eigenvalue weighted by Crippen LogP contribution is -2.34. The second-order valence-corrected chi connectivity index (χ2v) is 4.91. The van der Waals surface area contributed by atoms with Crippen LogP contribution in [0.5, 0.6) is 0 Å². The van der Waals surface area contributed by atoms with Gasteiger partial charge in [-0.3, -0.25) is 19.5 Å². The molecule has 10 nitrogen and oxygen atoms in total. The Morgan fingerprint density at radius 2 is 2.04 bits per heavy atom. The fourth-order valence-corrected chi connectivity index (χ4v) is 2.06. The molecule has 24 heavy (non-hydrogen) atoms. The van der Waals surface area contributed by atoms with Crippen LogP contribution in [0.15, 0.2) is 37.1 Å². The molecule has 122 valence electrons. The topological polar surface area (TPSA) is 147 Å². The number of pyridine rings is 1. The first kappa shape index (κ1) is 15.2. The van der Waals surface area contributed by atoms with Gasteiger partial charge in [-0.2, -0.15) is 5.10 Å². The largest absolute Gasteiger partial charge is 0.368 e. The predicted octanol–water partition coefficient (Wildman–Crippen LogP) is -0.475. The quantitative estimate of drug-likeness (QED) is 0.500. The molecule has 0 aliphatic heterocycles. The van der Waals surface area contributed by atoms with Gasteiger partial charge in [0.25, 0.3) is 11.8 Å². The molecule has 0 saturated carbocycles.